The van der Waals surface area contributed by atoms with Crippen molar-refractivity contribution in [3.8, 4) is 0 Å². The molecule has 0 bridgehead atoms. The summed E-state index contributed by atoms with van der Waals surface area (Å²) in [5.74, 6) is -0.574. The Labute approximate surface area is 341 Å². The molecule has 0 fully saturated rings. The lowest BCUT2D eigenvalue weighted by atomic mass is 10.0. The minimum absolute atomic E-state index is 0.103. The van der Waals surface area contributed by atoms with Gasteiger partial charge in [0, 0.05) is 42.8 Å². The second-order valence-electron chi connectivity index (χ2n) is 16.1. The quantitative estimate of drug-likeness (QED) is 0.153. The van der Waals surface area contributed by atoms with Crippen molar-refractivity contribution in [3.63, 3.8) is 0 Å². The fourth-order valence-electron chi connectivity index (χ4n) is 7.93. The Kier molecular flexibility index (Phi) is 11.3. The lowest BCUT2D eigenvalue weighted by Crippen LogP contribution is -2.44. The summed E-state index contributed by atoms with van der Waals surface area (Å²) in [7, 11) is 0. The number of aryl methyl sites for hydroxylation is 6. The second kappa shape index (κ2) is 16.4. The molecule has 310 valence electrons. The van der Waals surface area contributed by atoms with Crippen LogP contribution in [-0.4, -0.2) is 78.0 Å². The minimum Gasteiger partial charge on any atom is -0.465 e. The number of amides is 4. The molecule has 17 nitrogen and oxygen atoms in total. The number of carboxylic acid groups (broad SMARTS) is 1. The lowest BCUT2D eigenvalue weighted by molar-refractivity contribution is 0.0954. The molecule has 6 aromatic rings. The van der Waals surface area contributed by atoms with Crippen LogP contribution in [0.2, 0.25) is 0 Å². The van der Waals surface area contributed by atoms with E-state index in [1.165, 1.54) is 4.90 Å². The van der Waals surface area contributed by atoms with E-state index in [-0.39, 0.29) is 18.4 Å². The molecule has 1 aliphatic rings. The first kappa shape index (κ1) is 40.7. The second-order valence-corrected chi connectivity index (χ2v) is 16.1. The predicted molar refractivity (Wildman–Crippen MR) is 224 cm³/mol. The average molecular weight is 805 g/mol. The minimum atomic E-state index is -1.04. The summed E-state index contributed by atoms with van der Waals surface area (Å²) in [5.41, 5.74) is 11.8. The fourth-order valence-corrected chi connectivity index (χ4v) is 7.93. The standard InChI is InChI=1S/C42H52N12O5/c1-7-53-35-29(26(3)49-53)15-9-8-10-21-54-33(22-25(2)48-54)37(56)46-40-45-34-28(24-52(41(58)59)42(4,5)6)14-13-16-32(34)51(40)20-12-11-19-50-31-18-17-27(36(43)55)23-30(31)44-39(50)47-38(35)57/h13-14,16-18,22-23H,7-12,15,19-21,24H2,1-6H3,(H2,43,55)(H,58,59)(H,44,47,57)(H,45,46,56). The van der Waals surface area contributed by atoms with Crippen LogP contribution >= 0.6 is 0 Å². The number of carbonyl (C=O) groups is 4. The van der Waals surface area contributed by atoms with Crippen molar-refractivity contribution in [2.75, 3.05) is 10.6 Å². The van der Waals surface area contributed by atoms with Crippen molar-refractivity contribution in [1.82, 2.24) is 43.6 Å². The molecular formula is C42H52N12O5. The molecule has 4 aromatic heterocycles. The van der Waals surface area contributed by atoms with E-state index in [1.54, 1.807) is 33.6 Å². The van der Waals surface area contributed by atoms with Crippen LogP contribution < -0.4 is 16.4 Å². The Morgan fingerprint density at radius 3 is 2.25 bits per heavy atom. The lowest BCUT2D eigenvalue weighted by Gasteiger charge is -2.33. The number of hydrogen-bond donors (Lipinski definition) is 4. The number of fused-ring (bicyclic) bond motifs is 8. The largest absolute Gasteiger partial charge is 0.465 e. The van der Waals surface area contributed by atoms with E-state index in [1.807, 2.05) is 68.9 Å². The summed E-state index contributed by atoms with van der Waals surface area (Å²) in [5, 5.41) is 25.6. The summed E-state index contributed by atoms with van der Waals surface area (Å²) in [6.45, 7) is 13.3. The Balaban J connectivity index is 1.29. The molecule has 4 amide bonds. The predicted octanol–water partition coefficient (Wildman–Crippen LogP) is 6.50. The summed E-state index contributed by atoms with van der Waals surface area (Å²) >= 11 is 0. The van der Waals surface area contributed by atoms with E-state index in [4.69, 9.17) is 20.8 Å². The van der Waals surface area contributed by atoms with Gasteiger partial charge < -0.3 is 20.0 Å². The van der Waals surface area contributed by atoms with Gasteiger partial charge in [0.25, 0.3) is 11.8 Å². The smallest absolute Gasteiger partial charge is 0.408 e. The number of hydrogen-bond acceptors (Lipinski definition) is 8. The first-order valence-electron chi connectivity index (χ1n) is 20.2. The van der Waals surface area contributed by atoms with Gasteiger partial charge in [-0.15, -0.1) is 0 Å². The van der Waals surface area contributed by atoms with Crippen molar-refractivity contribution < 1.29 is 24.3 Å². The molecule has 17 heteroatoms. The molecule has 0 unspecified atom stereocenters. The maximum atomic E-state index is 14.2. The molecule has 1 aliphatic heterocycles. The summed E-state index contributed by atoms with van der Waals surface area (Å²) in [6, 6.07) is 12.5. The number of nitrogens with one attached hydrogen (secondary N) is 2. The third-order valence-electron chi connectivity index (χ3n) is 10.9. The number of primary amides is 1. The Hall–Kier alpha value is -6.52. The maximum Gasteiger partial charge on any atom is 0.408 e. The highest BCUT2D eigenvalue weighted by atomic mass is 16.4. The van der Waals surface area contributed by atoms with E-state index in [9.17, 15) is 24.3 Å². The van der Waals surface area contributed by atoms with Gasteiger partial charge in [-0.1, -0.05) is 18.6 Å². The van der Waals surface area contributed by atoms with E-state index in [0.717, 1.165) is 41.6 Å². The van der Waals surface area contributed by atoms with Crippen LogP contribution in [0, 0.1) is 13.8 Å². The van der Waals surface area contributed by atoms with Crippen LogP contribution in [0.4, 0.5) is 16.7 Å². The van der Waals surface area contributed by atoms with Crippen molar-refractivity contribution in [2.24, 2.45) is 5.73 Å². The van der Waals surface area contributed by atoms with Crippen molar-refractivity contribution in [3.05, 3.63) is 81.9 Å². The molecule has 5 N–H and O–H groups in total. The van der Waals surface area contributed by atoms with Gasteiger partial charge >= 0.3 is 6.09 Å². The highest BCUT2D eigenvalue weighted by Crippen LogP contribution is 2.29. The third kappa shape index (κ3) is 8.27. The zero-order chi connectivity index (χ0) is 42.2. The van der Waals surface area contributed by atoms with E-state index in [2.05, 4.69) is 15.7 Å². The number of carbonyl (C=O) groups excluding carboxylic acids is 3. The molecule has 59 heavy (non-hydrogen) atoms. The van der Waals surface area contributed by atoms with Crippen molar-refractivity contribution >= 4 is 57.8 Å². The average Bonchev–Trinajstić information content (AvgIpc) is 3.92. The third-order valence-corrected chi connectivity index (χ3v) is 10.9. The number of benzene rings is 2. The number of nitrogens with zero attached hydrogens (tertiary/aromatic N) is 9. The van der Waals surface area contributed by atoms with Crippen LogP contribution in [0.1, 0.15) is 114 Å². The molecule has 0 radical (unpaired) electrons. The van der Waals surface area contributed by atoms with Gasteiger partial charge in [0.1, 0.15) is 11.4 Å². The van der Waals surface area contributed by atoms with Gasteiger partial charge in [-0.05, 0) is 110 Å². The Morgan fingerprint density at radius 1 is 0.864 bits per heavy atom. The number of aromatic nitrogens is 8. The summed E-state index contributed by atoms with van der Waals surface area (Å²) in [4.78, 5) is 63.9. The molecule has 0 saturated carbocycles. The number of rotatable bonds is 4. The molecule has 5 heterocycles. The first-order valence-corrected chi connectivity index (χ1v) is 20.2. The van der Waals surface area contributed by atoms with Gasteiger partial charge in [-0.25, -0.2) is 14.8 Å². The van der Waals surface area contributed by atoms with Crippen LogP contribution in [0.25, 0.3) is 22.1 Å². The topological polar surface area (TPSA) is 213 Å². The van der Waals surface area contributed by atoms with Gasteiger partial charge in [-0.2, -0.15) is 10.2 Å². The van der Waals surface area contributed by atoms with Gasteiger partial charge in [-0.3, -0.25) is 39.3 Å². The normalized spacial score (nSPS) is 14.7. The van der Waals surface area contributed by atoms with Gasteiger partial charge in [0.15, 0.2) is 0 Å². The maximum absolute atomic E-state index is 14.2. The number of nitrogens with two attached hydrogens (primary N) is 1. The highest BCUT2D eigenvalue weighted by molar-refractivity contribution is 6.05. The number of imidazole rings is 2. The highest BCUT2D eigenvalue weighted by Gasteiger charge is 2.29. The fraction of sp³-hybridized carbons (Fsp3) is 0.429. The molecule has 2 aromatic carbocycles. The molecule has 0 atom stereocenters. The van der Waals surface area contributed by atoms with Crippen LogP contribution in [0.5, 0.6) is 0 Å². The van der Waals surface area contributed by atoms with E-state index < -0.39 is 17.5 Å². The molecular weight excluding hydrogens is 753 g/mol. The van der Waals surface area contributed by atoms with Gasteiger partial charge in [0.2, 0.25) is 17.8 Å². The summed E-state index contributed by atoms with van der Waals surface area (Å²) < 4.78 is 7.35. The van der Waals surface area contributed by atoms with Gasteiger partial charge in [0.05, 0.1) is 40.0 Å². The zero-order valence-electron chi connectivity index (χ0n) is 34.5. The van der Waals surface area contributed by atoms with E-state index >= 15 is 0 Å². The monoisotopic (exact) mass is 804 g/mol. The Bertz CT molecular complexity index is 2590. The van der Waals surface area contributed by atoms with Crippen LogP contribution in [0.3, 0.4) is 0 Å². The molecule has 0 spiro atoms. The molecule has 0 saturated heterocycles. The summed E-state index contributed by atoms with van der Waals surface area (Å²) in [6.07, 6.45) is 3.19. The van der Waals surface area contributed by atoms with Crippen LogP contribution in [0.15, 0.2) is 42.5 Å². The van der Waals surface area contributed by atoms with Crippen molar-refractivity contribution in [1.29, 1.82) is 0 Å². The molecule has 7 rings (SSSR count). The van der Waals surface area contributed by atoms with E-state index in [0.29, 0.717) is 96.6 Å². The number of anilines is 2. The molecule has 0 aliphatic carbocycles. The van der Waals surface area contributed by atoms with Crippen molar-refractivity contribution in [2.45, 2.75) is 118 Å². The SMILES string of the molecule is CCn1nc(C)c2c1C(=O)Nc1nc3cc(C(N)=O)ccc3n1CCCCn1c(nc3c(CN(C(=O)O)C(C)(C)C)cccc31)NC(=O)c1cc(C)nn1CCCCC2. The zero-order valence-corrected chi connectivity index (χ0v) is 34.5. The Morgan fingerprint density at radius 2 is 1.56 bits per heavy atom. The van der Waals surface area contributed by atoms with Crippen LogP contribution in [-0.2, 0) is 39.1 Å². The first-order chi connectivity index (χ1) is 28.1. The number of para-hydroxylation sites is 1.